The molecular weight excluding hydrogens is 312 g/mol. The molecular formula is C21H26O2Si. The smallest absolute Gasteiger partial charge is 0.262 e. The van der Waals surface area contributed by atoms with Crippen LogP contribution in [-0.2, 0) is 4.43 Å². The molecule has 1 N–H and O–H groups in total. The molecule has 0 heterocycles. The summed E-state index contributed by atoms with van der Waals surface area (Å²) in [5.74, 6) is 5.74. The van der Waals surface area contributed by atoms with Gasteiger partial charge >= 0.3 is 0 Å². The molecule has 2 nitrogen and oxygen atoms in total. The maximum atomic E-state index is 8.99. The van der Waals surface area contributed by atoms with Crippen LogP contribution in [0.15, 0.2) is 60.7 Å². The number of benzene rings is 2. The molecule has 2 aromatic carbocycles. The van der Waals surface area contributed by atoms with Gasteiger partial charge in [0.25, 0.3) is 8.32 Å². The van der Waals surface area contributed by atoms with Crippen LogP contribution in [0, 0.1) is 11.8 Å². The van der Waals surface area contributed by atoms with Crippen molar-refractivity contribution in [1.29, 1.82) is 0 Å². The summed E-state index contributed by atoms with van der Waals surface area (Å²) in [7, 11) is -2.55. The summed E-state index contributed by atoms with van der Waals surface area (Å²) in [5.41, 5.74) is 0. The first-order valence-electron chi connectivity index (χ1n) is 8.30. The average Bonchev–Trinajstić information content (AvgIpc) is 2.58. The third-order valence-corrected chi connectivity index (χ3v) is 9.27. The molecule has 126 valence electrons. The van der Waals surface area contributed by atoms with Gasteiger partial charge in [0.1, 0.15) is 12.7 Å². The Morgan fingerprint density at radius 2 is 1.42 bits per heavy atom. The first-order valence-corrected chi connectivity index (χ1v) is 10.2. The number of hydrogen-bond donors (Lipinski definition) is 1. The monoisotopic (exact) mass is 338 g/mol. The Morgan fingerprint density at radius 1 is 0.958 bits per heavy atom. The van der Waals surface area contributed by atoms with Gasteiger partial charge in [-0.2, -0.15) is 0 Å². The fraction of sp³-hybridized carbons (Fsp3) is 0.333. The summed E-state index contributed by atoms with van der Waals surface area (Å²) in [6, 6.07) is 21.0. The molecule has 0 radical (unpaired) electrons. The fourth-order valence-corrected chi connectivity index (χ4v) is 7.78. The van der Waals surface area contributed by atoms with E-state index in [0.717, 1.165) is 0 Å². The van der Waals surface area contributed by atoms with E-state index in [1.165, 1.54) is 10.4 Å². The molecule has 0 aliphatic carbocycles. The summed E-state index contributed by atoms with van der Waals surface area (Å²) >= 11 is 0. The second-order valence-corrected chi connectivity index (χ2v) is 11.2. The molecule has 0 unspecified atom stereocenters. The van der Waals surface area contributed by atoms with E-state index in [0.29, 0.717) is 0 Å². The molecule has 0 aliphatic heterocycles. The van der Waals surface area contributed by atoms with Gasteiger partial charge in [-0.1, -0.05) is 93.3 Å². The Balaban J connectivity index is 2.66. The third kappa shape index (κ3) is 3.79. The van der Waals surface area contributed by atoms with Crippen molar-refractivity contribution in [3.8, 4) is 11.8 Å². The van der Waals surface area contributed by atoms with Gasteiger partial charge < -0.3 is 9.53 Å². The van der Waals surface area contributed by atoms with Gasteiger partial charge in [-0.05, 0) is 22.3 Å². The van der Waals surface area contributed by atoms with E-state index in [1.54, 1.807) is 0 Å². The summed E-state index contributed by atoms with van der Waals surface area (Å²) in [6.45, 7) is 8.54. The van der Waals surface area contributed by atoms with Crippen molar-refractivity contribution in [3.63, 3.8) is 0 Å². The zero-order chi connectivity index (χ0) is 17.6. The van der Waals surface area contributed by atoms with Crippen molar-refractivity contribution in [1.82, 2.24) is 0 Å². The quantitative estimate of drug-likeness (QED) is 0.686. The van der Waals surface area contributed by atoms with Crippen molar-refractivity contribution in [2.24, 2.45) is 0 Å². The molecule has 0 aliphatic rings. The topological polar surface area (TPSA) is 29.5 Å². The van der Waals surface area contributed by atoms with Gasteiger partial charge in [-0.3, -0.25) is 0 Å². The minimum atomic E-state index is -2.55. The fourth-order valence-electron chi connectivity index (χ4n) is 3.18. The van der Waals surface area contributed by atoms with Crippen LogP contribution in [0.3, 0.4) is 0 Å². The normalized spacial score (nSPS) is 13.0. The lowest BCUT2D eigenvalue weighted by Gasteiger charge is -2.43. The van der Waals surface area contributed by atoms with Gasteiger partial charge in [-0.25, -0.2) is 0 Å². The summed E-state index contributed by atoms with van der Waals surface area (Å²) in [5, 5.41) is 11.4. The largest absolute Gasteiger partial charge is 0.394 e. The molecule has 24 heavy (non-hydrogen) atoms. The van der Waals surface area contributed by atoms with Gasteiger partial charge in [0, 0.05) is 0 Å². The van der Waals surface area contributed by atoms with Crippen molar-refractivity contribution in [2.45, 2.75) is 38.8 Å². The Bertz CT molecular complexity index is 654. The maximum absolute atomic E-state index is 8.99. The Morgan fingerprint density at radius 3 is 1.79 bits per heavy atom. The lowest BCUT2D eigenvalue weighted by Crippen LogP contribution is -2.67. The van der Waals surface area contributed by atoms with E-state index in [9.17, 15) is 0 Å². The van der Waals surface area contributed by atoms with E-state index in [1.807, 2.05) is 19.1 Å². The zero-order valence-corrected chi connectivity index (χ0v) is 15.9. The zero-order valence-electron chi connectivity index (χ0n) is 14.9. The highest BCUT2D eigenvalue weighted by Crippen LogP contribution is 2.37. The molecule has 1 atom stereocenters. The molecule has 0 amide bonds. The molecule has 2 rings (SSSR count). The van der Waals surface area contributed by atoms with E-state index in [4.69, 9.17) is 9.53 Å². The van der Waals surface area contributed by atoms with Crippen molar-refractivity contribution in [3.05, 3.63) is 60.7 Å². The van der Waals surface area contributed by atoms with Crippen LogP contribution in [0.1, 0.15) is 27.7 Å². The molecule has 0 saturated carbocycles. The van der Waals surface area contributed by atoms with E-state index >= 15 is 0 Å². The molecule has 2 aromatic rings. The van der Waals surface area contributed by atoms with Crippen LogP contribution in [0.4, 0.5) is 0 Å². The minimum absolute atomic E-state index is 0.0646. The van der Waals surface area contributed by atoms with Crippen molar-refractivity contribution >= 4 is 18.7 Å². The van der Waals surface area contributed by atoms with Gasteiger partial charge in [0.15, 0.2) is 0 Å². The third-order valence-electron chi connectivity index (χ3n) is 4.15. The molecule has 0 aromatic heterocycles. The van der Waals surface area contributed by atoms with Crippen LogP contribution >= 0.6 is 0 Å². The molecule has 0 saturated heterocycles. The van der Waals surface area contributed by atoms with Crippen molar-refractivity contribution < 1.29 is 9.53 Å². The van der Waals surface area contributed by atoms with E-state index in [2.05, 4.69) is 81.1 Å². The highest BCUT2D eigenvalue weighted by Gasteiger charge is 2.50. The second-order valence-electron chi connectivity index (χ2n) is 6.90. The lowest BCUT2D eigenvalue weighted by atomic mass is 10.2. The van der Waals surface area contributed by atoms with Gasteiger partial charge in [-0.15, -0.1) is 0 Å². The van der Waals surface area contributed by atoms with Crippen LogP contribution in [0.25, 0.3) is 0 Å². The van der Waals surface area contributed by atoms with Crippen LogP contribution in [0.2, 0.25) is 5.04 Å². The Hall–Kier alpha value is -1.86. The predicted molar refractivity (Wildman–Crippen MR) is 103 cm³/mol. The highest BCUT2D eigenvalue weighted by atomic mass is 28.4. The standard InChI is InChI=1S/C21H26O2Si/c1-18(12-11-17-22)23-24(21(2,3)4,19-13-7-5-8-14-19)20-15-9-6-10-16-20/h5-10,13-16,18,22H,17H2,1-4H3/t18-/m1/s1. The highest BCUT2D eigenvalue weighted by molar-refractivity contribution is 6.99. The second kappa shape index (κ2) is 7.81. The SMILES string of the molecule is C[C@H](C#CCO)O[Si](c1ccccc1)(c1ccccc1)C(C)(C)C. The predicted octanol–water partition coefficient (Wildman–Crippen LogP) is 2.95. The molecule has 3 heteroatoms. The molecule has 0 bridgehead atoms. The Labute approximate surface area is 146 Å². The number of rotatable bonds is 4. The number of aliphatic hydroxyl groups is 1. The van der Waals surface area contributed by atoms with Crippen molar-refractivity contribution in [2.75, 3.05) is 6.61 Å². The average molecular weight is 339 g/mol. The summed E-state index contributed by atoms with van der Waals surface area (Å²) < 4.78 is 6.73. The number of hydrogen-bond acceptors (Lipinski definition) is 2. The van der Waals surface area contributed by atoms with Crippen LogP contribution in [0.5, 0.6) is 0 Å². The number of aliphatic hydroxyl groups excluding tert-OH is 1. The summed E-state index contributed by atoms with van der Waals surface area (Å²) in [4.78, 5) is 0. The van der Waals surface area contributed by atoms with Crippen LogP contribution in [-0.4, -0.2) is 26.1 Å². The first kappa shape index (κ1) is 18.5. The van der Waals surface area contributed by atoms with Crippen LogP contribution < -0.4 is 10.4 Å². The molecule has 0 spiro atoms. The molecule has 0 fully saturated rings. The maximum Gasteiger partial charge on any atom is 0.262 e. The van der Waals surface area contributed by atoms with Gasteiger partial charge in [0.05, 0.1) is 0 Å². The van der Waals surface area contributed by atoms with Gasteiger partial charge in [0.2, 0.25) is 0 Å². The first-order chi connectivity index (χ1) is 11.4. The van der Waals surface area contributed by atoms with E-state index < -0.39 is 8.32 Å². The summed E-state index contributed by atoms with van der Waals surface area (Å²) in [6.07, 6.45) is -0.247. The minimum Gasteiger partial charge on any atom is -0.394 e. The van der Waals surface area contributed by atoms with E-state index in [-0.39, 0.29) is 17.7 Å². The lowest BCUT2D eigenvalue weighted by molar-refractivity contribution is 0.260. The Kier molecular flexibility index (Phi) is 6.01.